The Bertz CT molecular complexity index is 1280. The van der Waals surface area contributed by atoms with Gasteiger partial charge in [0.05, 0.1) is 21.8 Å². The first-order chi connectivity index (χ1) is 16.0. The third-order valence-corrected chi connectivity index (χ3v) is 6.31. The van der Waals surface area contributed by atoms with Gasteiger partial charge in [0.1, 0.15) is 0 Å². The van der Waals surface area contributed by atoms with Gasteiger partial charge < -0.3 is 10.6 Å². The highest BCUT2D eigenvalue weighted by atomic mass is 32.1. The number of carbonyl (C=O) groups excluding carboxylic acids is 3. The van der Waals surface area contributed by atoms with Gasteiger partial charge in [0.25, 0.3) is 11.8 Å². The quantitative estimate of drug-likeness (QED) is 0.349. The van der Waals surface area contributed by atoms with E-state index in [1.807, 2.05) is 35.0 Å². The van der Waals surface area contributed by atoms with Crippen LogP contribution in [0.15, 0.2) is 71.4 Å². The Hall–Kier alpha value is -3.82. The summed E-state index contributed by atoms with van der Waals surface area (Å²) in [6, 6.07) is 18.1. The van der Waals surface area contributed by atoms with Gasteiger partial charge in [0.2, 0.25) is 5.91 Å². The third kappa shape index (κ3) is 5.71. The van der Waals surface area contributed by atoms with E-state index in [0.29, 0.717) is 27.8 Å². The maximum atomic E-state index is 12.9. The number of rotatable bonds is 7. The molecule has 0 aliphatic rings. The number of nitrogens with one attached hydrogen (secondary N) is 3. The first-order valence-corrected chi connectivity index (χ1v) is 11.8. The first kappa shape index (κ1) is 22.4. The predicted octanol–water partition coefficient (Wildman–Crippen LogP) is 5.01. The van der Waals surface area contributed by atoms with Crippen molar-refractivity contribution in [3.63, 3.8) is 0 Å². The molecule has 0 aliphatic carbocycles. The molecule has 0 fully saturated rings. The van der Waals surface area contributed by atoms with Gasteiger partial charge in [-0.2, -0.15) is 0 Å². The number of thiazole rings is 1. The van der Waals surface area contributed by atoms with Crippen LogP contribution in [0.4, 0.5) is 10.8 Å². The van der Waals surface area contributed by atoms with E-state index in [1.165, 1.54) is 29.6 Å². The van der Waals surface area contributed by atoms with Crippen molar-refractivity contribution < 1.29 is 14.4 Å². The lowest BCUT2D eigenvalue weighted by Gasteiger charge is -2.10. The molecule has 33 heavy (non-hydrogen) atoms. The lowest BCUT2D eigenvalue weighted by atomic mass is 10.1. The smallest absolute Gasteiger partial charge is 0.265 e. The van der Waals surface area contributed by atoms with Crippen molar-refractivity contribution in [1.29, 1.82) is 0 Å². The van der Waals surface area contributed by atoms with Crippen molar-refractivity contribution in [2.45, 2.75) is 13.5 Å². The lowest BCUT2D eigenvalue weighted by Crippen LogP contribution is -2.18. The molecule has 7 nitrogen and oxygen atoms in total. The van der Waals surface area contributed by atoms with E-state index >= 15 is 0 Å². The van der Waals surface area contributed by atoms with Gasteiger partial charge in [-0.3, -0.25) is 19.7 Å². The number of anilines is 2. The zero-order valence-corrected chi connectivity index (χ0v) is 19.3. The monoisotopic (exact) mass is 476 g/mol. The van der Waals surface area contributed by atoms with Gasteiger partial charge >= 0.3 is 0 Å². The minimum atomic E-state index is -0.358. The minimum Gasteiger partial charge on any atom is -0.352 e. The predicted molar refractivity (Wildman–Crippen MR) is 132 cm³/mol. The van der Waals surface area contributed by atoms with Crippen molar-refractivity contribution in [2.24, 2.45) is 0 Å². The van der Waals surface area contributed by atoms with Crippen LogP contribution in [0.3, 0.4) is 0 Å². The number of para-hydroxylation sites is 1. The molecule has 0 unspecified atom stereocenters. The standard InChI is InChI=1S/C24H20N4O3S2/c1-15(29)25-13-16-8-10-17(11-9-16)20-14-33-24(27-20)28-22(30)18-5-2-3-6-19(18)26-23(31)21-7-4-12-32-21/h2-12,14H,13H2,1H3,(H,25,29)(H,26,31)(H,27,28,30). The number of aromatic nitrogens is 1. The zero-order chi connectivity index (χ0) is 23.2. The highest BCUT2D eigenvalue weighted by Crippen LogP contribution is 2.26. The third-order valence-electron chi connectivity index (χ3n) is 4.68. The summed E-state index contributed by atoms with van der Waals surface area (Å²) >= 11 is 2.65. The largest absolute Gasteiger partial charge is 0.352 e. The van der Waals surface area contributed by atoms with Gasteiger partial charge in [-0.15, -0.1) is 22.7 Å². The molecular formula is C24H20N4O3S2. The summed E-state index contributed by atoms with van der Waals surface area (Å²) in [5.41, 5.74) is 3.41. The Morgan fingerprint density at radius 1 is 0.879 bits per heavy atom. The molecule has 2 heterocycles. The van der Waals surface area contributed by atoms with Crippen molar-refractivity contribution in [1.82, 2.24) is 10.3 Å². The van der Waals surface area contributed by atoms with Crippen LogP contribution >= 0.6 is 22.7 Å². The summed E-state index contributed by atoms with van der Waals surface area (Å²) in [5, 5.41) is 12.5. The molecule has 4 aromatic rings. The molecule has 2 aromatic carbocycles. The fourth-order valence-corrected chi connectivity index (χ4v) is 4.36. The summed E-state index contributed by atoms with van der Waals surface area (Å²) in [7, 11) is 0. The Balaban J connectivity index is 1.44. The van der Waals surface area contributed by atoms with Crippen LogP contribution in [0.5, 0.6) is 0 Å². The number of carbonyl (C=O) groups is 3. The van der Waals surface area contributed by atoms with Crippen LogP contribution in [-0.4, -0.2) is 22.7 Å². The highest BCUT2D eigenvalue weighted by molar-refractivity contribution is 7.14. The number of nitrogens with zero attached hydrogens (tertiary/aromatic N) is 1. The number of hydrogen-bond donors (Lipinski definition) is 3. The molecule has 166 valence electrons. The molecule has 0 saturated heterocycles. The van der Waals surface area contributed by atoms with Gasteiger partial charge in [-0.05, 0) is 29.1 Å². The van der Waals surface area contributed by atoms with Gasteiger partial charge in [-0.1, -0.05) is 42.5 Å². The second-order valence-electron chi connectivity index (χ2n) is 7.08. The maximum absolute atomic E-state index is 12.9. The normalized spacial score (nSPS) is 10.5. The molecule has 2 aromatic heterocycles. The summed E-state index contributed by atoms with van der Waals surface area (Å²) in [5.74, 6) is -0.695. The lowest BCUT2D eigenvalue weighted by molar-refractivity contribution is -0.119. The molecule has 0 spiro atoms. The molecule has 4 rings (SSSR count). The topological polar surface area (TPSA) is 100 Å². The van der Waals surface area contributed by atoms with Crippen molar-refractivity contribution in [3.05, 3.63) is 87.4 Å². The first-order valence-electron chi connectivity index (χ1n) is 10.0. The van der Waals surface area contributed by atoms with Gasteiger partial charge in [0, 0.05) is 24.4 Å². The van der Waals surface area contributed by atoms with Crippen LogP contribution in [0, 0.1) is 0 Å². The average molecular weight is 477 g/mol. The second kappa shape index (κ2) is 10.2. The van der Waals surface area contributed by atoms with Crippen LogP contribution in [-0.2, 0) is 11.3 Å². The van der Waals surface area contributed by atoms with Crippen LogP contribution < -0.4 is 16.0 Å². The molecular weight excluding hydrogens is 456 g/mol. The van der Waals surface area contributed by atoms with E-state index < -0.39 is 0 Å². The number of amides is 3. The number of hydrogen-bond acceptors (Lipinski definition) is 6. The molecule has 0 bridgehead atoms. The fraction of sp³-hybridized carbons (Fsp3) is 0.0833. The van der Waals surface area contributed by atoms with E-state index in [2.05, 4.69) is 20.9 Å². The molecule has 3 amide bonds. The maximum Gasteiger partial charge on any atom is 0.265 e. The summed E-state index contributed by atoms with van der Waals surface area (Å²) in [4.78, 5) is 41.4. The summed E-state index contributed by atoms with van der Waals surface area (Å²) in [6.45, 7) is 1.95. The molecule has 3 N–H and O–H groups in total. The van der Waals surface area contributed by atoms with E-state index in [0.717, 1.165) is 16.8 Å². The zero-order valence-electron chi connectivity index (χ0n) is 17.6. The van der Waals surface area contributed by atoms with E-state index in [1.54, 1.807) is 36.4 Å². The molecule has 0 radical (unpaired) electrons. The van der Waals surface area contributed by atoms with Crippen molar-refractivity contribution in [2.75, 3.05) is 10.6 Å². The SMILES string of the molecule is CC(=O)NCc1ccc(-c2csc(NC(=O)c3ccccc3NC(=O)c3cccs3)n2)cc1. The highest BCUT2D eigenvalue weighted by Gasteiger charge is 2.16. The summed E-state index contributed by atoms with van der Waals surface area (Å²) in [6.07, 6.45) is 0. The van der Waals surface area contributed by atoms with Crippen LogP contribution in [0.25, 0.3) is 11.3 Å². The van der Waals surface area contributed by atoms with Crippen LogP contribution in [0.1, 0.15) is 32.5 Å². The molecule has 0 saturated carbocycles. The Labute approximate surface area is 198 Å². The van der Waals surface area contributed by atoms with E-state index in [4.69, 9.17) is 0 Å². The Morgan fingerprint density at radius 2 is 1.67 bits per heavy atom. The van der Waals surface area contributed by atoms with E-state index in [9.17, 15) is 14.4 Å². The van der Waals surface area contributed by atoms with Crippen molar-refractivity contribution in [3.8, 4) is 11.3 Å². The van der Waals surface area contributed by atoms with Gasteiger partial charge in [0.15, 0.2) is 5.13 Å². The Morgan fingerprint density at radius 3 is 2.39 bits per heavy atom. The minimum absolute atomic E-state index is 0.0772. The number of benzene rings is 2. The Kier molecular flexibility index (Phi) is 6.92. The van der Waals surface area contributed by atoms with E-state index in [-0.39, 0.29) is 17.7 Å². The summed E-state index contributed by atoms with van der Waals surface area (Å²) < 4.78 is 0. The molecule has 9 heteroatoms. The average Bonchev–Trinajstić information content (AvgIpc) is 3.51. The fourth-order valence-electron chi connectivity index (χ4n) is 3.03. The van der Waals surface area contributed by atoms with Crippen LogP contribution in [0.2, 0.25) is 0 Å². The molecule has 0 atom stereocenters. The number of thiophene rings is 1. The molecule has 0 aliphatic heterocycles. The van der Waals surface area contributed by atoms with Crippen molar-refractivity contribution >= 4 is 51.2 Å². The van der Waals surface area contributed by atoms with Gasteiger partial charge in [-0.25, -0.2) is 4.98 Å². The second-order valence-corrected chi connectivity index (χ2v) is 8.88.